The molecule has 1 atom stereocenters. The first-order valence-corrected chi connectivity index (χ1v) is 6.58. The van der Waals surface area contributed by atoms with Crippen LogP contribution in [0.2, 0.25) is 0 Å². The quantitative estimate of drug-likeness (QED) is 0.837. The van der Waals surface area contributed by atoms with Gasteiger partial charge >= 0.3 is 0 Å². The van der Waals surface area contributed by atoms with Gasteiger partial charge in [-0.3, -0.25) is 10.00 Å². The van der Waals surface area contributed by atoms with Gasteiger partial charge < -0.3 is 10.5 Å². The SMILES string of the molecule is CC(C)(C)c1cc(CN2CCO[C@@H](CN)C2)[nH]n1. The van der Waals surface area contributed by atoms with Crippen molar-refractivity contribution in [2.75, 3.05) is 26.2 Å². The number of H-pyrrole nitrogens is 1. The molecule has 0 unspecified atom stereocenters. The molecule has 5 heteroatoms. The van der Waals surface area contributed by atoms with E-state index in [-0.39, 0.29) is 11.5 Å². The second-order valence-corrected chi connectivity index (χ2v) is 5.99. The number of ether oxygens (including phenoxy) is 1. The van der Waals surface area contributed by atoms with Gasteiger partial charge in [-0.2, -0.15) is 5.10 Å². The predicted octanol–water partition coefficient (Wildman–Crippen LogP) is 0.867. The first kappa shape index (κ1) is 13.5. The summed E-state index contributed by atoms with van der Waals surface area (Å²) in [7, 11) is 0. The van der Waals surface area contributed by atoms with Crippen molar-refractivity contribution in [3.05, 3.63) is 17.5 Å². The highest BCUT2D eigenvalue weighted by atomic mass is 16.5. The minimum atomic E-state index is 0.0968. The summed E-state index contributed by atoms with van der Waals surface area (Å²) in [6.07, 6.45) is 0.170. The minimum absolute atomic E-state index is 0.0968. The van der Waals surface area contributed by atoms with Gasteiger partial charge in [0.25, 0.3) is 0 Å². The Morgan fingerprint density at radius 1 is 1.56 bits per heavy atom. The molecule has 1 saturated heterocycles. The van der Waals surface area contributed by atoms with E-state index in [1.807, 2.05) is 0 Å². The lowest BCUT2D eigenvalue weighted by molar-refractivity contribution is -0.0264. The Hall–Kier alpha value is -0.910. The molecule has 5 nitrogen and oxygen atoms in total. The Labute approximate surface area is 109 Å². The van der Waals surface area contributed by atoms with Gasteiger partial charge in [-0.05, 0) is 6.07 Å². The standard InChI is InChI=1S/C13H24N4O/c1-13(2,3)12-6-10(15-16-12)8-17-4-5-18-11(7-14)9-17/h6,11H,4-5,7-9,14H2,1-3H3,(H,15,16)/t11-/m0/s1. The van der Waals surface area contributed by atoms with Crippen LogP contribution in [0, 0.1) is 0 Å². The fourth-order valence-electron chi connectivity index (χ4n) is 2.13. The number of aromatic amines is 1. The van der Waals surface area contributed by atoms with Crippen molar-refractivity contribution >= 4 is 0 Å². The third kappa shape index (κ3) is 3.31. The Morgan fingerprint density at radius 3 is 2.94 bits per heavy atom. The number of nitrogens with one attached hydrogen (secondary N) is 1. The van der Waals surface area contributed by atoms with E-state index >= 15 is 0 Å². The molecule has 1 aliphatic heterocycles. The fraction of sp³-hybridized carbons (Fsp3) is 0.769. The normalized spacial score (nSPS) is 22.3. The fourth-order valence-corrected chi connectivity index (χ4v) is 2.13. The molecule has 0 radical (unpaired) electrons. The van der Waals surface area contributed by atoms with Crippen molar-refractivity contribution in [2.45, 2.75) is 38.8 Å². The predicted molar refractivity (Wildman–Crippen MR) is 71.4 cm³/mol. The molecule has 0 aromatic carbocycles. The van der Waals surface area contributed by atoms with Gasteiger partial charge in [0.2, 0.25) is 0 Å². The number of rotatable bonds is 3. The molecule has 0 aliphatic carbocycles. The number of aromatic nitrogens is 2. The lowest BCUT2D eigenvalue weighted by atomic mass is 9.92. The van der Waals surface area contributed by atoms with E-state index in [4.69, 9.17) is 10.5 Å². The van der Waals surface area contributed by atoms with E-state index in [1.54, 1.807) is 0 Å². The van der Waals surface area contributed by atoms with E-state index < -0.39 is 0 Å². The number of hydrogen-bond acceptors (Lipinski definition) is 4. The second-order valence-electron chi connectivity index (χ2n) is 5.99. The van der Waals surface area contributed by atoms with Crippen LogP contribution in [0.25, 0.3) is 0 Å². The molecule has 3 N–H and O–H groups in total. The molecule has 1 fully saturated rings. The van der Waals surface area contributed by atoms with Crippen LogP contribution in [0.4, 0.5) is 0 Å². The van der Waals surface area contributed by atoms with E-state index in [9.17, 15) is 0 Å². The molecule has 1 aromatic rings. The van der Waals surface area contributed by atoms with Gasteiger partial charge in [0, 0.05) is 37.3 Å². The Bertz CT molecular complexity index is 383. The number of morpholine rings is 1. The average molecular weight is 252 g/mol. The van der Waals surface area contributed by atoms with Gasteiger partial charge in [0.05, 0.1) is 18.4 Å². The zero-order valence-corrected chi connectivity index (χ0v) is 11.6. The lowest BCUT2D eigenvalue weighted by Crippen LogP contribution is -2.45. The molecule has 0 bridgehead atoms. The topological polar surface area (TPSA) is 67.2 Å². The summed E-state index contributed by atoms with van der Waals surface area (Å²) in [6, 6.07) is 2.16. The van der Waals surface area contributed by atoms with E-state index in [1.165, 1.54) is 0 Å². The van der Waals surface area contributed by atoms with Crippen LogP contribution in [0.1, 0.15) is 32.2 Å². The summed E-state index contributed by atoms with van der Waals surface area (Å²) in [5, 5.41) is 7.51. The van der Waals surface area contributed by atoms with Gasteiger partial charge in [0.15, 0.2) is 0 Å². The van der Waals surface area contributed by atoms with Crippen molar-refractivity contribution in [1.82, 2.24) is 15.1 Å². The van der Waals surface area contributed by atoms with Gasteiger partial charge in [-0.15, -0.1) is 0 Å². The number of nitrogens with two attached hydrogens (primary N) is 1. The second kappa shape index (κ2) is 5.38. The maximum absolute atomic E-state index is 5.65. The third-order valence-electron chi connectivity index (χ3n) is 3.28. The lowest BCUT2D eigenvalue weighted by Gasteiger charge is -2.31. The molecule has 0 amide bonds. The summed E-state index contributed by atoms with van der Waals surface area (Å²) in [5.41, 5.74) is 8.02. The highest BCUT2D eigenvalue weighted by molar-refractivity contribution is 5.16. The van der Waals surface area contributed by atoms with Crippen LogP contribution in [-0.4, -0.2) is 47.4 Å². The summed E-state index contributed by atoms with van der Waals surface area (Å²) in [4.78, 5) is 2.36. The smallest absolute Gasteiger partial charge is 0.0824 e. The molecule has 18 heavy (non-hydrogen) atoms. The van der Waals surface area contributed by atoms with Crippen LogP contribution >= 0.6 is 0 Å². The molecule has 1 aromatic heterocycles. The van der Waals surface area contributed by atoms with Crippen molar-refractivity contribution in [3.63, 3.8) is 0 Å². The van der Waals surface area contributed by atoms with E-state index in [0.717, 1.165) is 37.6 Å². The highest BCUT2D eigenvalue weighted by Crippen LogP contribution is 2.21. The summed E-state index contributed by atoms with van der Waals surface area (Å²) in [5.74, 6) is 0. The van der Waals surface area contributed by atoms with Crippen molar-refractivity contribution < 1.29 is 4.74 Å². The molecule has 2 heterocycles. The molecular formula is C13H24N4O. The van der Waals surface area contributed by atoms with E-state index in [2.05, 4.69) is 41.9 Å². The average Bonchev–Trinajstić information content (AvgIpc) is 2.77. The molecule has 1 aliphatic rings. The molecule has 102 valence electrons. The summed E-state index contributed by atoms with van der Waals surface area (Å²) < 4.78 is 5.56. The number of hydrogen-bond donors (Lipinski definition) is 2. The van der Waals surface area contributed by atoms with Crippen LogP contribution in [-0.2, 0) is 16.7 Å². The Balaban J connectivity index is 1.95. The molecule has 0 spiro atoms. The number of nitrogens with zero attached hydrogens (tertiary/aromatic N) is 2. The van der Waals surface area contributed by atoms with Gasteiger partial charge in [0.1, 0.15) is 0 Å². The zero-order chi connectivity index (χ0) is 13.2. The Kier molecular flexibility index (Phi) is 4.04. The highest BCUT2D eigenvalue weighted by Gasteiger charge is 2.21. The molecular weight excluding hydrogens is 228 g/mol. The van der Waals surface area contributed by atoms with Crippen molar-refractivity contribution in [2.24, 2.45) is 5.73 Å². The largest absolute Gasteiger partial charge is 0.374 e. The first-order chi connectivity index (χ1) is 8.49. The maximum atomic E-state index is 5.65. The van der Waals surface area contributed by atoms with E-state index in [0.29, 0.717) is 6.54 Å². The summed E-state index contributed by atoms with van der Waals surface area (Å²) >= 11 is 0. The van der Waals surface area contributed by atoms with Gasteiger partial charge in [-0.25, -0.2) is 0 Å². The maximum Gasteiger partial charge on any atom is 0.0824 e. The van der Waals surface area contributed by atoms with Crippen LogP contribution < -0.4 is 5.73 Å². The minimum Gasteiger partial charge on any atom is -0.374 e. The van der Waals surface area contributed by atoms with Crippen LogP contribution in [0.3, 0.4) is 0 Å². The van der Waals surface area contributed by atoms with Crippen molar-refractivity contribution in [3.8, 4) is 0 Å². The summed E-state index contributed by atoms with van der Waals surface area (Å²) in [6.45, 7) is 10.6. The molecule has 2 rings (SSSR count). The monoisotopic (exact) mass is 252 g/mol. The van der Waals surface area contributed by atoms with Crippen LogP contribution in [0.5, 0.6) is 0 Å². The van der Waals surface area contributed by atoms with Gasteiger partial charge in [-0.1, -0.05) is 20.8 Å². The van der Waals surface area contributed by atoms with Crippen LogP contribution in [0.15, 0.2) is 6.07 Å². The Morgan fingerprint density at radius 2 is 2.33 bits per heavy atom. The van der Waals surface area contributed by atoms with Crippen molar-refractivity contribution in [1.29, 1.82) is 0 Å². The first-order valence-electron chi connectivity index (χ1n) is 6.58. The molecule has 0 saturated carbocycles. The zero-order valence-electron chi connectivity index (χ0n) is 11.6. The third-order valence-corrected chi connectivity index (χ3v) is 3.28.